The molecule has 43 heavy (non-hydrogen) atoms. The summed E-state index contributed by atoms with van der Waals surface area (Å²) in [4.78, 5) is 12.8. The molecule has 1 saturated carbocycles. The van der Waals surface area contributed by atoms with E-state index in [1.807, 2.05) is 0 Å². The molecule has 2 aliphatic rings. The Morgan fingerprint density at radius 3 is 2.09 bits per heavy atom. The summed E-state index contributed by atoms with van der Waals surface area (Å²) in [6, 6.07) is 8.49. The molecule has 2 aliphatic carbocycles. The van der Waals surface area contributed by atoms with Gasteiger partial charge in [-0.1, -0.05) is 24.3 Å². The van der Waals surface area contributed by atoms with Crippen molar-refractivity contribution in [2.75, 3.05) is 6.61 Å². The lowest BCUT2D eigenvalue weighted by Crippen LogP contribution is -2.25. The molecule has 1 fully saturated rings. The van der Waals surface area contributed by atoms with Crippen LogP contribution in [0.2, 0.25) is 0 Å². The number of ether oxygens (including phenoxy) is 2. The van der Waals surface area contributed by atoms with E-state index in [2.05, 4.69) is 0 Å². The van der Waals surface area contributed by atoms with E-state index in [0.717, 1.165) is 0 Å². The first-order valence-corrected chi connectivity index (χ1v) is 14.5. The first-order valence-electron chi connectivity index (χ1n) is 14.5. The van der Waals surface area contributed by atoms with Crippen molar-refractivity contribution >= 4 is 11.5 Å². The maximum Gasteiger partial charge on any atom is 0.341 e. The van der Waals surface area contributed by atoms with Crippen LogP contribution in [-0.2, 0) is 4.74 Å². The lowest BCUT2D eigenvalue weighted by molar-refractivity contribution is 0.0188. The second-order valence-corrected chi connectivity index (χ2v) is 11.2. The predicted molar refractivity (Wildman–Crippen MR) is 150 cm³/mol. The van der Waals surface area contributed by atoms with Crippen LogP contribution in [0.4, 0.5) is 26.3 Å². The van der Waals surface area contributed by atoms with Crippen LogP contribution in [0.5, 0.6) is 5.75 Å². The molecule has 0 aromatic heterocycles. The Kier molecular flexibility index (Phi) is 9.18. The Morgan fingerprint density at radius 1 is 0.744 bits per heavy atom. The lowest BCUT2D eigenvalue weighted by Gasteiger charge is -2.29. The highest BCUT2D eigenvalue weighted by molar-refractivity contribution is 5.90. The van der Waals surface area contributed by atoms with Gasteiger partial charge in [0.2, 0.25) is 5.82 Å². The Hall–Kier alpha value is -3.75. The average molecular weight is 603 g/mol. The molecule has 3 aromatic rings. The van der Waals surface area contributed by atoms with Gasteiger partial charge in [-0.15, -0.1) is 0 Å². The molecule has 0 heterocycles. The summed E-state index contributed by atoms with van der Waals surface area (Å²) in [5, 5.41) is 0. The number of aryl methyl sites for hydroxylation is 1. The predicted octanol–water partition coefficient (Wildman–Crippen LogP) is 9.46. The molecule has 1 atom stereocenters. The molecule has 9 heteroatoms. The van der Waals surface area contributed by atoms with Gasteiger partial charge in [-0.05, 0) is 111 Å². The monoisotopic (exact) mass is 602 g/mol. The summed E-state index contributed by atoms with van der Waals surface area (Å²) in [5.74, 6) is -8.06. The zero-order valence-electron chi connectivity index (χ0n) is 23.9. The Labute approximate surface area is 246 Å². The van der Waals surface area contributed by atoms with E-state index < -0.39 is 58.5 Å². The summed E-state index contributed by atoms with van der Waals surface area (Å²) in [7, 11) is 0. The molecule has 1 unspecified atom stereocenters. The summed E-state index contributed by atoms with van der Waals surface area (Å²) in [5.41, 5.74) is 0.767. The van der Waals surface area contributed by atoms with Gasteiger partial charge in [0.05, 0.1) is 12.2 Å². The van der Waals surface area contributed by atoms with Gasteiger partial charge in [-0.2, -0.15) is 4.39 Å². The maximum absolute atomic E-state index is 15.2. The minimum Gasteiger partial charge on any atom is -0.491 e. The molecule has 3 aromatic carbocycles. The van der Waals surface area contributed by atoms with E-state index in [4.69, 9.17) is 9.47 Å². The summed E-state index contributed by atoms with van der Waals surface area (Å²) >= 11 is 0. The third kappa shape index (κ3) is 6.17. The number of halogens is 6. The molecule has 0 saturated heterocycles. The van der Waals surface area contributed by atoms with Crippen molar-refractivity contribution in [1.29, 1.82) is 0 Å². The molecule has 0 spiro atoms. The second-order valence-electron chi connectivity index (χ2n) is 11.2. The molecule has 0 radical (unpaired) electrons. The van der Waals surface area contributed by atoms with Gasteiger partial charge >= 0.3 is 5.97 Å². The van der Waals surface area contributed by atoms with Gasteiger partial charge in [0.25, 0.3) is 0 Å². The second kappa shape index (κ2) is 12.9. The zero-order chi connectivity index (χ0) is 30.8. The summed E-state index contributed by atoms with van der Waals surface area (Å²) in [6.07, 6.45) is 3.77. The van der Waals surface area contributed by atoms with Crippen molar-refractivity contribution < 1.29 is 40.6 Å². The van der Waals surface area contributed by atoms with E-state index in [0.29, 0.717) is 44.1 Å². The fourth-order valence-electron chi connectivity index (χ4n) is 6.13. The summed E-state index contributed by atoms with van der Waals surface area (Å²) in [6.45, 7) is 3.35. The Morgan fingerprint density at radius 2 is 1.42 bits per heavy atom. The number of hydrogen-bond acceptors (Lipinski definition) is 3. The van der Waals surface area contributed by atoms with Gasteiger partial charge in [0.1, 0.15) is 6.10 Å². The number of hydrogen-bond donors (Lipinski definition) is 0. The number of esters is 1. The molecule has 228 valence electrons. The van der Waals surface area contributed by atoms with E-state index >= 15 is 8.78 Å². The third-order valence-corrected chi connectivity index (χ3v) is 8.57. The van der Waals surface area contributed by atoms with Crippen LogP contribution < -0.4 is 4.74 Å². The van der Waals surface area contributed by atoms with Crippen LogP contribution in [0.1, 0.15) is 96.3 Å². The molecule has 0 N–H and O–H groups in total. The fourth-order valence-corrected chi connectivity index (χ4v) is 6.13. The molecular formula is C34H32F6O3. The molecule has 0 bridgehead atoms. The smallest absolute Gasteiger partial charge is 0.341 e. The van der Waals surface area contributed by atoms with Crippen molar-refractivity contribution in [3.63, 3.8) is 0 Å². The van der Waals surface area contributed by atoms with Gasteiger partial charge in [0.15, 0.2) is 34.8 Å². The number of carbonyl (C=O) groups excluding carboxylic acids is 1. The van der Waals surface area contributed by atoms with Crippen LogP contribution in [0.3, 0.4) is 0 Å². The molecule has 5 rings (SSSR count). The maximum atomic E-state index is 15.2. The third-order valence-electron chi connectivity index (χ3n) is 8.57. The topological polar surface area (TPSA) is 35.5 Å². The molecular weight excluding hydrogens is 570 g/mol. The van der Waals surface area contributed by atoms with Crippen molar-refractivity contribution in [3.8, 4) is 5.75 Å². The van der Waals surface area contributed by atoms with Gasteiger partial charge in [-0.3, -0.25) is 0 Å². The SMILES string of the molecule is CCOc1ccc(C2=CCC(c3ccc(C(=O)OC4CCC(c5ccc(C)c(F)c5F)CC4)c(F)c3F)CC2)c(F)c1F. The van der Waals surface area contributed by atoms with E-state index in [1.54, 1.807) is 19.1 Å². The quantitative estimate of drug-likeness (QED) is 0.200. The highest BCUT2D eigenvalue weighted by Gasteiger charge is 2.31. The number of carbonyl (C=O) groups is 1. The number of benzene rings is 3. The van der Waals surface area contributed by atoms with Crippen molar-refractivity contribution in [3.05, 3.63) is 105 Å². The molecule has 3 nitrogen and oxygen atoms in total. The highest BCUT2D eigenvalue weighted by Crippen LogP contribution is 2.40. The summed E-state index contributed by atoms with van der Waals surface area (Å²) < 4.78 is 98.2. The standard InChI is InChI=1S/C34H32F6O3/c1-3-42-27-17-16-25(31(38)33(27)40)20-7-5-19(6-8-20)24-14-15-26(32(39)30(24)37)34(41)43-22-11-9-21(10-12-22)23-13-4-18(2)28(35)29(23)36/h4,7,13-17,19,21-22H,3,5-6,8-12H2,1-2H3. The normalized spacial score (nSPS) is 20.5. The van der Waals surface area contributed by atoms with Crippen LogP contribution in [0.15, 0.2) is 42.5 Å². The largest absolute Gasteiger partial charge is 0.491 e. The van der Waals surface area contributed by atoms with Gasteiger partial charge in [-0.25, -0.2) is 26.7 Å². The Balaban J connectivity index is 1.22. The minimum absolute atomic E-state index is 0.0931. The molecule has 0 amide bonds. The van der Waals surface area contributed by atoms with Crippen molar-refractivity contribution in [2.45, 2.75) is 76.7 Å². The number of allylic oxidation sites excluding steroid dienone is 2. The fraction of sp³-hybridized carbons (Fsp3) is 0.382. The zero-order valence-corrected chi connectivity index (χ0v) is 23.9. The van der Waals surface area contributed by atoms with E-state index in [9.17, 15) is 22.4 Å². The van der Waals surface area contributed by atoms with Crippen LogP contribution >= 0.6 is 0 Å². The van der Waals surface area contributed by atoms with Gasteiger partial charge < -0.3 is 9.47 Å². The van der Waals surface area contributed by atoms with Crippen LogP contribution in [-0.4, -0.2) is 18.7 Å². The van der Waals surface area contributed by atoms with Gasteiger partial charge in [0, 0.05) is 5.56 Å². The first kappa shape index (κ1) is 30.7. The Bertz CT molecular complexity index is 1560. The van der Waals surface area contributed by atoms with Crippen molar-refractivity contribution in [2.24, 2.45) is 0 Å². The van der Waals surface area contributed by atoms with Crippen LogP contribution in [0.25, 0.3) is 5.57 Å². The highest BCUT2D eigenvalue weighted by atomic mass is 19.2. The average Bonchev–Trinajstić information content (AvgIpc) is 3.00. The van der Waals surface area contributed by atoms with E-state index in [-0.39, 0.29) is 46.9 Å². The van der Waals surface area contributed by atoms with Crippen molar-refractivity contribution in [1.82, 2.24) is 0 Å². The molecule has 0 aliphatic heterocycles. The van der Waals surface area contributed by atoms with Crippen LogP contribution in [0, 0.1) is 41.8 Å². The lowest BCUT2D eigenvalue weighted by atomic mass is 9.82. The first-order chi connectivity index (χ1) is 20.6. The number of rotatable bonds is 7. The minimum atomic E-state index is -1.30. The van der Waals surface area contributed by atoms with E-state index in [1.165, 1.54) is 37.3 Å².